The number of nitrogens with one attached hydrogen (secondary N) is 2. The van der Waals surface area contributed by atoms with Gasteiger partial charge in [-0.05, 0) is 32.4 Å². The number of nitrogens with zero attached hydrogens (tertiary/aromatic N) is 1. The minimum atomic E-state index is -3.57. The molecular formula is C13H19N3O2S2. The second-order valence-electron chi connectivity index (χ2n) is 4.76. The topological polar surface area (TPSA) is 74.8 Å². The normalized spacial score (nSPS) is 13.6. The molecule has 110 valence electrons. The predicted molar refractivity (Wildman–Crippen MR) is 80.5 cm³/mol. The largest absolute Gasteiger partial charge is 0.332 e. The quantitative estimate of drug-likeness (QED) is 0.891. The highest BCUT2D eigenvalue weighted by molar-refractivity contribution is 7.89. The van der Waals surface area contributed by atoms with Crippen molar-refractivity contribution in [2.24, 2.45) is 0 Å². The van der Waals surface area contributed by atoms with Crippen LogP contribution in [0.5, 0.6) is 0 Å². The zero-order valence-electron chi connectivity index (χ0n) is 12.0. The molecule has 0 radical (unpaired) electrons. The van der Waals surface area contributed by atoms with Crippen molar-refractivity contribution < 1.29 is 8.42 Å². The van der Waals surface area contributed by atoms with Gasteiger partial charge in [0.05, 0.1) is 6.20 Å². The Morgan fingerprint density at radius 2 is 2.15 bits per heavy atom. The van der Waals surface area contributed by atoms with Crippen LogP contribution in [0.4, 0.5) is 0 Å². The Morgan fingerprint density at radius 3 is 2.65 bits per heavy atom. The number of hydrogen-bond donors (Lipinski definition) is 2. The Labute approximate surface area is 123 Å². The van der Waals surface area contributed by atoms with Crippen LogP contribution in [0, 0.1) is 13.8 Å². The fourth-order valence-corrected chi connectivity index (χ4v) is 4.29. The highest BCUT2D eigenvalue weighted by atomic mass is 32.2. The maximum absolute atomic E-state index is 12.3. The molecule has 0 bridgehead atoms. The summed E-state index contributed by atoms with van der Waals surface area (Å²) in [5.41, 5.74) is 1.02. The lowest BCUT2D eigenvalue weighted by atomic mass is 10.1. The minimum absolute atomic E-state index is 0.116. The molecule has 0 aromatic carbocycles. The van der Waals surface area contributed by atoms with E-state index >= 15 is 0 Å². The van der Waals surface area contributed by atoms with Crippen LogP contribution >= 0.6 is 11.3 Å². The molecule has 2 heterocycles. The van der Waals surface area contributed by atoms with Gasteiger partial charge in [0.2, 0.25) is 0 Å². The van der Waals surface area contributed by atoms with Gasteiger partial charge in [-0.15, -0.1) is 11.3 Å². The van der Waals surface area contributed by atoms with Crippen LogP contribution in [0.15, 0.2) is 17.3 Å². The van der Waals surface area contributed by atoms with E-state index in [4.69, 9.17) is 0 Å². The van der Waals surface area contributed by atoms with E-state index in [9.17, 15) is 8.42 Å². The molecular weight excluding hydrogens is 294 g/mol. The number of imidazole rings is 1. The summed E-state index contributed by atoms with van der Waals surface area (Å²) in [6.07, 6.45) is 2.04. The van der Waals surface area contributed by atoms with E-state index in [1.165, 1.54) is 11.1 Å². The molecule has 0 saturated carbocycles. The Kier molecular flexibility index (Phi) is 4.31. The molecule has 2 aromatic heterocycles. The lowest BCUT2D eigenvalue weighted by Gasteiger charge is -2.13. The minimum Gasteiger partial charge on any atom is -0.332 e. The van der Waals surface area contributed by atoms with E-state index in [1.54, 1.807) is 11.3 Å². The average Bonchev–Trinajstić information content (AvgIpc) is 2.95. The first-order chi connectivity index (χ1) is 9.33. The van der Waals surface area contributed by atoms with Gasteiger partial charge in [-0.3, -0.25) is 0 Å². The molecule has 5 nitrogen and oxygen atoms in total. The highest BCUT2D eigenvalue weighted by Crippen LogP contribution is 2.27. The van der Waals surface area contributed by atoms with Gasteiger partial charge in [0.15, 0.2) is 5.03 Å². The molecule has 7 heteroatoms. The first-order valence-corrected chi connectivity index (χ1v) is 8.76. The summed E-state index contributed by atoms with van der Waals surface area (Å²) in [6.45, 7) is 7.79. The van der Waals surface area contributed by atoms with Crippen LogP contribution in [0.2, 0.25) is 0 Å². The van der Waals surface area contributed by atoms with Crippen molar-refractivity contribution in [3.05, 3.63) is 33.4 Å². The molecule has 0 aliphatic carbocycles. The van der Waals surface area contributed by atoms with Crippen LogP contribution in [0.1, 0.15) is 41.0 Å². The maximum Gasteiger partial charge on any atom is 0.258 e. The molecule has 0 aliphatic rings. The van der Waals surface area contributed by atoms with Crippen molar-refractivity contribution in [3.63, 3.8) is 0 Å². The standard InChI is InChI=1S/C13H19N3O2S2/c1-5-12-14-7-13(15-12)20(17,18)16-9(3)11-6-8(2)19-10(11)4/h6-7,9,16H,5H2,1-4H3,(H,14,15). The molecule has 1 atom stereocenters. The third kappa shape index (κ3) is 3.11. The monoisotopic (exact) mass is 313 g/mol. The van der Waals surface area contributed by atoms with Gasteiger partial charge < -0.3 is 4.98 Å². The lowest BCUT2D eigenvalue weighted by molar-refractivity contribution is 0.563. The number of H-pyrrole nitrogens is 1. The maximum atomic E-state index is 12.3. The number of hydrogen-bond acceptors (Lipinski definition) is 4. The van der Waals surface area contributed by atoms with E-state index in [2.05, 4.69) is 14.7 Å². The van der Waals surface area contributed by atoms with Crippen molar-refractivity contribution in [2.75, 3.05) is 0 Å². The molecule has 0 saturated heterocycles. The molecule has 0 spiro atoms. The number of aromatic amines is 1. The number of aryl methyl sites for hydroxylation is 3. The molecule has 20 heavy (non-hydrogen) atoms. The third-order valence-corrected chi connectivity index (χ3v) is 5.54. The average molecular weight is 313 g/mol. The molecule has 1 unspecified atom stereocenters. The van der Waals surface area contributed by atoms with E-state index in [-0.39, 0.29) is 11.1 Å². The number of aromatic nitrogens is 2. The Balaban J connectivity index is 2.21. The van der Waals surface area contributed by atoms with Crippen molar-refractivity contribution in [1.82, 2.24) is 14.7 Å². The molecule has 0 fully saturated rings. The Hall–Kier alpha value is -1.18. The van der Waals surface area contributed by atoms with Gasteiger partial charge in [0, 0.05) is 22.2 Å². The fourth-order valence-electron chi connectivity index (χ4n) is 2.10. The molecule has 0 amide bonds. The zero-order chi connectivity index (χ0) is 14.9. The summed E-state index contributed by atoms with van der Waals surface area (Å²) >= 11 is 1.67. The van der Waals surface area contributed by atoms with E-state index in [1.807, 2.05) is 33.8 Å². The summed E-state index contributed by atoms with van der Waals surface area (Å²) < 4.78 is 27.3. The van der Waals surface area contributed by atoms with Crippen LogP contribution in [-0.2, 0) is 16.4 Å². The van der Waals surface area contributed by atoms with Crippen molar-refractivity contribution in [2.45, 2.75) is 45.2 Å². The van der Waals surface area contributed by atoms with E-state index < -0.39 is 10.0 Å². The van der Waals surface area contributed by atoms with Crippen LogP contribution < -0.4 is 4.72 Å². The molecule has 0 aliphatic heterocycles. The number of thiophene rings is 1. The van der Waals surface area contributed by atoms with Gasteiger partial charge in [-0.2, -0.15) is 0 Å². The number of rotatable bonds is 5. The van der Waals surface area contributed by atoms with Crippen LogP contribution in [0.25, 0.3) is 0 Å². The number of sulfonamides is 1. The first kappa shape index (κ1) is 15.2. The van der Waals surface area contributed by atoms with Crippen LogP contribution in [-0.4, -0.2) is 18.4 Å². The van der Waals surface area contributed by atoms with Crippen molar-refractivity contribution in [1.29, 1.82) is 0 Å². The molecule has 2 N–H and O–H groups in total. The Morgan fingerprint density at radius 1 is 1.45 bits per heavy atom. The third-order valence-electron chi connectivity index (χ3n) is 3.11. The summed E-state index contributed by atoms with van der Waals surface area (Å²) in [5.74, 6) is 0.667. The summed E-state index contributed by atoms with van der Waals surface area (Å²) in [6, 6.07) is 1.76. The second kappa shape index (κ2) is 5.67. The summed E-state index contributed by atoms with van der Waals surface area (Å²) in [7, 11) is -3.57. The van der Waals surface area contributed by atoms with Gasteiger partial charge in [0.1, 0.15) is 5.82 Å². The highest BCUT2D eigenvalue weighted by Gasteiger charge is 2.22. The SMILES string of the molecule is CCc1ncc(S(=O)(=O)NC(C)c2cc(C)sc2C)[nH]1. The van der Waals surface area contributed by atoms with E-state index in [0.29, 0.717) is 12.2 Å². The Bertz CT molecular complexity index is 701. The lowest BCUT2D eigenvalue weighted by Crippen LogP contribution is -2.27. The van der Waals surface area contributed by atoms with Gasteiger partial charge >= 0.3 is 0 Å². The summed E-state index contributed by atoms with van der Waals surface area (Å²) in [5, 5.41) is 0.116. The smallest absolute Gasteiger partial charge is 0.258 e. The van der Waals surface area contributed by atoms with Crippen molar-refractivity contribution in [3.8, 4) is 0 Å². The predicted octanol–water partition coefficient (Wildman–Crippen LogP) is 2.69. The summed E-state index contributed by atoms with van der Waals surface area (Å²) in [4.78, 5) is 9.17. The zero-order valence-corrected chi connectivity index (χ0v) is 13.7. The van der Waals surface area contributed by atoms with Gasteiger partial charge in [0.25, 0.3) is 10.0 Å². The van der Waals surface area contributed by atoms with Gasteiger partial charge in [-0.25, -0.2) is 18.1 Å². The second-order valence-corrected chi connectivity index (χ2v) is 7.90. The van der Waals surface area contributed by atoms with Crippen LogP contribution in [0.3, 0.4) is 0 Å². The first-order valence-electron chi connectivity index (χ1n) is 6.46. The molecule has 2 rings (SSSR count). The van der Waals surface area contributed by atoms with Crippen molar-refractivity contribution >= 4 is 21.4 Å². The van der Waals surface area contributed by atoms with Gasteiger partial charge in [-0.1, -0.05) is 6.92 Å². The van der Waals surface area contributed by atoms with E-state index in [0.717, 1.165) is 10.4 Å². The fraction of sp³-hybridized carbons (Fsp3) is 0.462. The molecule has 2 aromatic rings.